The molecule has 0 radical (unpaired) electrons. The van der Waals surface area contributed by atoms with Crippen molar-refractivity contribution in [2.75, 3.05) is 5.43 Å². The zero-order valence-electron chi connectivity index (χ0n) is 22.2. The molecule has 0 fully saturated rings. The maximum Gasteiger partial charge on any atom is 0.280 e. The van der Waals surface area contributed by atoms with Crippen LogP contribution >= 0.6 is 7.26 Å². The Morgan fingerprint density at radius 1 is 0.625 bits per heavy atom. The zero-order valence-corrected chi connectivity index (χ0v) is 23.1. The van der Waals surface area contributed by atoms with E-state index in [0.717, 1.165) is 16.6 Å². The minimum Gasteiger partial charge on any atom is -0.415 e. The third-order valence-corrected chi connectivity index (χ3v) is 11.0. The molecule has 1 N–H and O–H groups in total. The van der Waals surface area contributed by atoms with E-state index in [4.69, 9.17) is 9.40 Å². The van der Waals surface area contributed by atoms with Gasteiger partial charge in [-0.2, -0.15) is 10.1 Å². The second-order valence-electron chi connectivity index (χ2n) is 9.50. The molecule has 4 nitrogen and oxygen atoms in total. The maximum absolute atomic E-state index is 6.52. The Morgan fingerprint density at radius 2 is 1.10 bits per heavy atom. The van der Waals surface area contributed by atoms with E-state index in [1.54, 1.807) is 0 Å². The van der Waals surface area contributed by atoms with E-state index in [1.165, 1.54) is 21.5 Å². The number of hydrogen-bond acceptors (Lipinski definition) is 4. The van der Waals surface area contributed by atoms with Crippen molar-refractivity contribution >= 4 is 40.7 Å². The van der Waals surface area contributed by atoms with Gasteiger partial charge < -0.3 is 4.42 Å². The van der Waals surface area contributed by atoms with Crippen molar-refractivity contribution in [3.05, 3.63) is 157 Å². The lowest BCUT2D eigenvalue weighted by Crippen LogP contribution is -2.40. The summed E-state index contributed by atoms with van der Waals surface area (Å²) in [6.07, 6.45) is 1.81. The summed E-state index contributed by atoms with van der Waals surface area (Å²) >= 11 is 0. The molecule has 0 saturated heterocycles. The van der Waals surface area contributed by atoms with Crippen molar-refractivity contribution in [2.45, 2.75) is 6.92 Å². The summed E-state index contributed by atoms with van der Waals surface area (Å²) in [6.45, 7) is 2.07. The average Bonchev–Trinajstić information content (AvgIpc) is 3.45. The number of aromatic nitrogens is 1. The molecule has 0 aliphatic heterocycles. The molecule has 5 aromatic carbocycles. The van der Waals surface area contributed by atoms with Crippen molar-refractivity contribution in [1.82, 2.24) is 4.98 Å². The molecule has 0 atom stereocenters. The topological polar surface area (TPSA) is 50.4 Å². The molecule has 0 aliphatic carbocycles. The van der Waals surface area contributed by atoms with Crippen molar-refractivity contribution in [3.63, 3.8) is 0 Å². The fourth-order valence-electron chi connectivity index (χ4n) is 4.90. The number of oxazole rings is 1. The molecule has 0 saturated carbocycles. The van der Waals surface area contributed by atoms with Crippen LogP contribution < -0.4 is 26.8 Å². The van der Waals surface area contributed by atoms with Gasteiger partial charge in [-0.15, -0.1) is 0 Å². The van der Waals surface area contributed by atoms with Crippen LogP contribution in [0.1, 0.15) is 11.1 Å². The quantitative estimate of drug-likeness (QED) is 0.133. The third-order valence-electron chi connectivity index (χ3n) is 6.84. The van der Waals surface area contributed by atoms with Gasteiger partial charge in [0.15, 0.2) is 7.26 Å². The van der Waals surface area contributed by atoms with E-state index < -0.39 is 7.26 Å². The Hall–Kier alpha value is -4.79. The first kappa shape index (κ1) is 25.5. The zero-order chi connectivity index (χ0) is 27.2. The second kappa shape index (κ2) is 11.5. The minimum absolute atomic E-state index is 0.534. The highest BCUT2D eigenvalue weighted by molar-refractivity contribution is 8.01. The molecule has 5 heteroatoms. The number of anilines is 1. The van der Waals surface area contributed by atoms with E-state index >= 15 is 0 Å². The Balaban J connectivity index is 1.60. The van der Waals surface area contributed by atoms with Crippen LogP contribution in [-0.2, 0) is 0 Å². The number of rotatable bonds is 8. The molecule has 1 heterocycles. The molecule has 0 aliphatic rings. The van der Waals surface area contributed by atoms with Crippen LogP contribution in [0.3, 0.4) is 0 Å². The first-order valence-corrected chi connectivity index (χ1v) is 15.0. The fraction of sp³-hybridized carbons (Fsp3) is 0.0286. The summed E-state index contributed by atoms with van der Waals surface area (Å²) in [4.78, 5) is 5.27. The number of hydrogen-bond donors (Lipinski definition) is 1. The van der Waals surface area contributed by atoms with Gasteiger partial charge in [-0.1, -0.05) is 103 Å². The number of hydrazone groups is 1. The van der Waals surface area contributed by atoms with Crippen molar-refractivity contribution in [3.8, 4) is 11.5 Å². The van der Waals surface area contributed by atoms with Crippen LogP contribution in [-0.4, -0.2) is 11.2 Å². The van der Waals surface area contributed by atoms with Gasteiger partial charge in [0.2, 0.25) is 5.89 Å². The Kier molecular flexibility index (Phi) is 7.34. The molecule has 0 spiro atoms. The molecule has 6 aromatic rings. The Bertz CT molecular complexity index is 1600. The molecular formula is C35H29N3OP+. The van der Waals surface area contributed by atoms with E-state index in [1.807, 2.05) is 48.7 Å². The number of benzene rings is 5. The van der Waals surface area contributed by atoms with E-state index in [9.17, 15) is 0 Å². The summed E-state index contributed by atoms with van der Waals surface area (Å²) in [7, 11) is -2.50. The van der Waals surface area contributed by atoms with Gasteiger partial charge in [-0.05, 0) is 61.0 Å². The van der Waals surface area contributed by atoms with E-state index in [0.29, 0.717) is 11.8 Å². The molecule has 194 valence electrons. The highest BCUT2D eigenvalue weighted by atomic mass is 31.2. The lowest BCUT2D eigenvalue weighted by Gasteiger charge is -2.25. The standard InChI is InChI=1S/C35H29N3OP/c1-27-22-24-28(25-23-27)26-36-38-34-35(37-33(39-34)29-14-6-2-7-15-29)40(30-16-8-3-9-17-30,31-18-10-4-11-19-31)32-20-12-5-13-21-32/h2-26,38H,1H3/q+1/b36-26+. The smallest absolute Gasteiger partial charge is 0.280 e. The summed E-state index contributed by atoms with van der Waals surface area (Å²) in [5, 5.41) is 8.17. The molecule has 0 amide bonds. The second-order valence-corrected chi connectivity index (χ2v) is 12.8. The van der Waals surface area contributed by atoms with Gasteiger partial charge in [-0.3, -0.25) is 0 Å². The first-order valence-electron chi connectivity index (χ1n) is 13.2. The monoisotopic (exact) mass is 538 g/mol. The minimum atomic E-state index is -2.50. The molecule has 0 unspecified atom stereocenters. The van der Waals surface area contributed by atoms with Gasteiger partial charge in [0, 0.05) is 5.56 Å². The normalized spacial score (nSPS) is 11.5. The van der Waals surface area contributed by atoms with Gasteiger partial charge in [0.05, 0.1) is 6.21 Å². The molecule has 0 bridgehead atoms. The fourth-order valence-corrected chi connectivity index (χ4v) is 9.03. The maximum atomic E-state index is 6.52. The predicted octanol–water partition coefficient (Wildman–Crippen LogP) is 6.72. The third kappa shape index (κ3) is 4.98. The highest BCUT2D eigenvalue weighted by Gasteiger charge is 2.53. The average molecular weight is 539 g/mol. The number of nitrogens with one attached hydrogen (secondary N) is 1. The largest absolute Gasteiger partial charge is 0.415 e. The van der Waals surface area contributed by atoms with Crippen LogP contribution in [0.4, 0.5) is 5.88 Å². The van der Waals surface area contributed by atoms with Crippen LogP contribution in [0, 0.1) is 6.92 Å². The predicted molar refractivity (Wildman–Crippen MR) is 169 cm³/mol. The van der Waals surface area contributed by atoms with Crippen molar-refractivity contribution in [2.24, 2.45) is 5.10 Å². The first-order chi connectivity index (χ1) is 19.7. The van der Waals surface area contributed by atoms with E-state index in [2.05, 4.69) is 121 Å². The summed E-state index contributed by atoms with van der Waals surface area (Å²) in [5.41, 5.74) is 7.21. The Morgan fingerprint density at radius 3 is 1.60 bits per heavy atom. The van der Waals surface area contributed by atoms with Crippen molar-refractivity contribution in [1.29, 1.82) is 0 Å². The molecule has 6 rings (SSSR count). The number of aryl methyl sites for hydroxylation is 1. The summed E-state index contributed by atoms with van der Waals surface area (Å²) in [5.74, 6) is 1.09. The Labute approximate surface area is 235 Å². The lowest BCUT2D eigenvalue weighted by atomic mass is 10.2. The van der Waals surface area contributed by atoms with Crippen LogP contribution in [0.15, 0.2) is 155 Å². The summed E-state index contributed by atoms with van der Waals surface area (Å²) < 4.78 is 6.52. The van der Waals surface area contributed by atoms with Gasteiger partial charge >= 0.3 is 0 Å². The molecule has 1 aromatic heterocycles. The van der Waals surface area contributed by atoms with Crippen molar-refractivity contribution < 1.29 is 4.42 Å². The molecule has 40 heavy (non-hydrogen) atoms. The van der Waals surface area contributed by atoms with Gasteiger partial charge in [-0.25, -0.2) is 5.43 Å². The molecular weight excluding hydrogens is 509 g/mol. The SMILES string of the molecule is Cc1ccc(/C=N/Nc2oc(-c3ccccc3)nc2[P+](c2ccccc2)(c2ccccc2)c2ccccc2)cc1. The van der Waals surface area contributed by atoms with Crippen LogP contribution in [0.5, 0.6) is 0 Å². The lowest BCUT2D eigenvalue weighted by molar-refractivity contribution is 0.588. The summed E-state index contributed by atoms with van der Waals surface area (Å²) in [6, 6.07) is 50.2. The van der Waals surface area contributed by atoms with Gasteiger partial charge in [0.1, 0.15) is 15.9 Å². The van der Waals surface area contributed by atoms with Gasteiger partial charge in [0.25, 0.3) is 11.3 Å². The van der Waals surface area contributed by atoms with Crippen LogP contribution in [0.2, 0.25) is 0 Å². The van der Waals surface area contributed by atoms with E-state index in [-0.39, 0.29) is 0 Å². The van der Waals surface area contributed by atoms with Crippen LogP contribution in [0.25, 0.3) is 11.5 Å². The number of nitrogens with zero attached hydrogens (tertiary/aromatic N) is 2. The highest BCUT2D eigenvalue weighted by Crippen LogP contribution is 2.55.